The smallest absolute Gasteiger partial charge is 0.309 e. The highest BCUT2D eigenvalue weighted by Gasteiger charge is 2.53. The molecule has 1 N–H and O–H groups in total. The second-order valence-electron chi connectivity index (χ2n) is 21.0. The number of benzene rings is 2. The van der Waals surface area contributed by atoms with Gasteiger partial charge in [0, 0.05) is 38.5 Å². The third-order valence-electron chi connectivity index (χ3n) is 14.2. The molecular weight excluding hydrogens is 905 g/mol. The van der Waals surface area contributed by atoms with E-state index in [1.807, 2.05) is 55.5 Å². The summed E-state index contributed by atoms with van der Waals surface area (Å²) in [5.74, 6) is 0.0485. The quantitative estimate of drug-likeness (QED) is 0.0589. The standard InChI is InChI=1S/C55H80N2O10Si2/c1-35(2)68(36(3)4,37(5)6)67-54-39(8)50(65-53(40(54)9)38(7)29-43-33-62-41(10)56-43)27-22-28-51-57-48(34-63-51)49(59)31-45(30-44(64-42(11)58)32-52(60)61-15)66-69(55(12,13)14,46-23-18-16-19-24-46)47-25-20-17-21-26-47/h16-26,28-29,33-37,39-40,44-45,49-50,53-54,59H,27,30-32H2,1-15H3/b28-22+,38-29+/t39-,40-,44?,45+,49+,50+,53-,54-/m0/s1. The monoisotopic (exact) mass is 985 g/mol. The Bertz CT molecular complexity index is 2240. The first-order chi connectivity index (χ1) is 32.5. The average molecular weight is 985 g/mol. The summed E-state index contributed by atoms with van der Waals surface area (Å²) in [5.41, 5.74) is 3.42. The Hall–Kier alpha value is -4.45. The normalized spacial score (nSPS) is 21.0. The number of esters is 2. The fourth-order valence-electron chi connectivity index (χ4n) is 11.0. The maximum atomic E-state index is 12.7. The summed E-state index contributed by atoms with van der Waals surface area (Å²) >= 11 is 0. The van der Waals surface area contributed by atoms with E-state index in [1.165, 1.54) is 20.3 Å². The number of rotatable bonds is 22. The van der Waals surface area contributed by atoms with E-state index in [9.17, 15) is 14.7 Å². The molecule has 0 radical (unpaired) electrons. The van der Waals surface area contributed by atoms with Gasteiger partial charge in [0.15, 0.2) is 5.89 Å². The second kappa shape index (κ2) is 24.1. The van der Waals surface area contributed by atoms with Crippen LogP contribution in [0.4, 0.5) is 0 Å². The van der Waals surface area contributed by atoms with Gasteiger partial charge in [0.25, 0.3) is 8.32 Å². The largest absolute Gasteiger partial charge is 0.469 e. The zero-order valence-electron chi connectivity index (χ0n) is 43.9. The lowest BCUT2D eigenvalue weighted by Crippen LogP contribution is -2.68. The molecule has 378 valence electrons. The molecule has 0 spiro atoms. The van der Waals surface area contributed by atoms with Crippen molar-refractivity contribution in [2.75, 3.05) is 7.11 Å². The van der Waals surface area contributed by atoms with E-state index in [1.54, 1.807) is 6.26 Å². The van der Waals surface area contributed by atoms with Crippen LogP contribution in [0.5, 0.6) is 0 Å². The topological polar surface area (TPSA) is 153 Å². The number of carbonyl (C=O) groups is 2. The molecule has 0 amide bonds. The van der Waals surface area contributed by atoms with Crippen LogP contribution in [0.2, 0.25) is 21.7 Å². The molecule has 4 aromatic rings. The van der Waals surface area contributed by atoms with Crippen molar-refractivity contribution in [3.05, 3.63) is 108 Å². The molecule has 2 aromatic heterocycles. The zero-order valence-corrected chi connectivity index (χ0v) is 45.9. The number of hydrogen-bond donors (Lipinski definition) is 1. The van der Waals surface area contributed by atoms with Gasteiger partial charge in [-0.15, -0.1) is 0 Å². The number of hydrogen-bond acceptors (Lipinski definition) is 12. The predicted molar refractivity (Wildman–Crippen MR) is 277 cm³/mol. The third-order valence-corrected chi connectivity index (χ3v) is 25.4. The van der Waals surface area contributed by atoms with Crippen LogP contribution in [0.1, 0.15) is 145 Å². The molecule has 69 heavy (non-hydrogen) atoms. The molecule has 0 saturated carbocycles. The minimum absolute atomic E-state index is 0.0426. The maximum Gasteiger partial charge on any atom is 0.309 e. The number of oxazole rings is 2. The first kappa shape index (κ1) is 55.5. The fourth-order valence-corrected chi connectivity index (χ4v) is 21.4. The van der Waals surface area contributed by atoms with Gasteiger partial charge in [-0.1, -0.05) is 143 Å². The number of methoxy groups -OCH3 is 1. The van der Waals surface area contributed by atoms with Gasteiger partial charge in [-0.2, -0.15) is 0 Å². The fraction of sp³-hybridized carbons (Fsp3) is 0.564. The molecule has 1 aliphatic rings. The molecule has 1 fully saturated rings. The summed E-state index contributed by atoms with van der Waals surface area (Å²) in [6.45, 7) is 30.2. The molecule has 5 rings (SSSR count). The van der Waals surface area contributed by atoms with Crippen LogP contribution in [0.3, 0.4) is 0 Å². The molecule has 8 atom stereocenters. The van der Waals surface area contributed by atoms with Gasteiger partial charge < -0.3 is 37.0 Å². The molecule has 14 heteroatoms. The minimum Gasteiger partial charge on any atom is -0.469 e. The van der Waals surface area contributed by atoms with E-state index in [0.29, 0.717) is 40.5 Å². The molecule has 1 saturated heterocycles. The lowest BCUT2D eigenvalue weighted by molar-refractivity contribution is -0.153. The van der Waals surface area contributed by atoms with E-state index in [-0.39, 0.29) is 49.4 Å². The Morgan fingerprint density at radius 2 is 1.42 bits per heavy atom. The van der Waals surface area contributed by atoms with Crippen LogP contribution in [0.15, 0.2) is 93.7 Å². The highest BCUT2D eigenvalue weighted by Crippen LogP contribution is 2.47. The van der Waals surface area contributed by atoms with Crippen LogP contribution in [-0.4, -0.2) is 81.3 Å². The van der Waals surface area contributed by atoms with Crippen molar-refractivity contribution in [2.24, 2.45) is 11.8 Å². The first-order valence-electron chi connectivity index (χ1n) is 24.8. The SMILES string of the molecule is COC(=O)CC(C[C@H](C[C@@H](O)c1coc(/C=C/C[C@H]2O[C@@H](/C(C)=C/c3coc(C)n3)[C@H](C)[C@@H](O[Si](C(C)C)(C(C)C)C(C)C)[C@H]2C)n1)O[Si](c1ccccc1)(c1ccccc1)C(C)(C)C)OC(C)=O. The lowest BCUT2D eigenvalue weighted by atomic mass is 9.79. The van der Waals surface area contributed by atoms with E-state index >= 15 is 0 Å². The van der Waals surface area contributed by atoms with E-state index in [2.05, 4.69) is 118 Å². The molecule has 0 aliphatic carbocycles. The molecule has 1 unspecified atom stereocenters. The Kier molecular flexibility index (Phi) is 19.4. The molecule has 2 aromatic carbocycles. The zero-order chi connectivity index (χ0) is 50.8. The van der Waals surface area contributed by atoms with Crippen molar-refractivity contribution >= 4 is 51.1 Å². The third kappa shape index (κ3) is 13.3. The van der Waals surface area contributed by atoms with Crippen LogP contribution < -0.4 is 10.4 Å². The predicted octanol–water partition coefficient (Wildman–Crippen LogP) is 11.3. The van der Waals surface area contributed by atoms with Gasteiger partial charge in [0.05, 0.1) is 37.9 Å². The summed E-state index contributed by atoms with van der Waals surface area (Å²) in [5, 5.41) is 13.7. The number of aromatic nitrogens is 2. The lowest BCUT2D eigenvalue weighted by Gasteiger charge is -2.52. The van der Waals surface area contributed by atoms with E-state index < -0.39 is 51.9 Å². The van der Waals surface area contributed by atoms with Crippen molar-refractivity contribution in [1.29, 1.82) is 0 Å². The number of aryl methyl sites for hydroxylation is 1. The molecule has 3 heterocycles. The van der Waals surface area contributed by atoms with Crippen LogP contribution in [-0.2, 0) is 32.7 Å². The van der Waals surface area contributed by atoms with Gasteiger partial charge in [0.2, 0.25) is 14.2 Å². The van der Waals surface area contributed by atoms with E-state index in [4.69, 9.17) is 36.9 Å². The van der Waals surface area contributed by atoms with Crippen molar-refractivity contribution in [3.8, 4) is 0 Å². The van der Waals surface area contributed by atoms with Gasteiger partial charge in [-0.25, -0.2) is 9.97 Å². The van der Waals surface area contributed by atoms with Gasteiger partial charge in [-0.05, 0) is 63.1 Å². The van der Waals surface area contributed by atoms with Crippen molar-refractivity contribution in [2.45, 2.75) is 181 Å². The Morgan fingerprint density at radius 1 is 0.826 bits per heavy atom. The van der Waals surface area contributed by atoms with Crippen LogP contribution in [0.25, 0.3) is 12.2 Å². The molecule has 0 bridgehead atoms. The average Bonchev–Trinajstić information content (AvgIpc) is 3.94. The second-order valence-corrected chi connectivity index (χ2v) is 30.7. The maximum absolute atomic E-state index is 12.7. The minimum atomic E-state index is -3.19. The Labute approximate surface area is 413 Å². The molecule has 1 aliphatic heterocycles. The number of carbonyl (C=O) groups excluding carboxylic acids is 2. The van der Waals surface area contributed by atoms with Crippen LogP contribution in [0, 0.1) is 18.8 Å². The summed E-state index contributed by atoms with van der Waals surface area (Å²) in [4.78, 5) is 34.4. The van der Waals surface area contributed by atoms with Crippen LogP contribution >= 0.6 is 0 Å². The molecular formula is C55H80N2O10Si2. The summed E-state index contributed by atoms with van der Waals surface area (Å²) < 4.78 is 44.4. The van der Waals surface area contributed by atoms with Crippen molar-refractivity contribution in [3.63, 3.8) is 0 Å². The Balaban J connectivity index is 1.45. The summed E-state index contributed by atoms with van der Waals surface area (Å²) in [6.07, 6.45) is 6.50. The number of aliphatic hydroxyl groups excluding tert-OH is 1. The number of ether oxygens (including phenoxy) is 3. The number of nitrogens with zero attached hydrogens (tertiary/aromatic N) is 2. The summed E-state index contributed by atoms with van der Waals surface area (Å²) in [6, 6.07) is 20.3. The van der Waals surface area contributed by atoms with E-state index in [0.717, 1.165) is 21.6 Å². The van der Waals surface area contributed by atoms with Gasteiger partial charge >= 0.3 is 11.9 Å². The van der Waals surface area contributed by atoms with Crippen molar-refractivity contribution in [1.82, 2.24) is 9.97 Å². The number of aliphatic hydroxyl groups is 1. The summed E-state index contributed by atoms with van der Waals surface area (Å²) in [7, 11) is -4.16. The van der Waals surface area contributed by atoms with Gasteiger partial charge in [0.1, 0.15) is 36.1 Å². The highest BCUT2D eigenvalue weighted by molar-refractivity contribution is 6.99. The molecule has 12 nitrogen and oxygen atoms in total. The van der Waals surface area contributed by atoms with Gasteiger partial charge in [-0.3, -0.25) is 9.59 Å². The highest BCUT2D eigenvalue weighted by atomic mass is 28.4. The van der Waals surface area contributed by atoms with Crippen molar-refractivity contribution < 1.29 is 46.6 Å². The Morgan fingerprint density at radius 3 is 1.93 bits per heavy atom. The first-order valence-corrected chi connectivity index (χ1v) is 28.8.